The minimum atomic E-state index is 0.591. The van der Waals surface area contributed by atoms with Crippen LogP contribution in [0.2, 0.25) is 0 Å². The molecule has 0 atom stereocenters. The quantitative estimate of drug-likeness (QED) is 0.107. The van der Waals surface area contributed by atoms with Gasteiger partial charge in [0.05, 0.1) is 44.1 Å². The number of fused-ring (bicyclic) bond motifs is 18. The van der Waals surface area contributed by atoms with Gasteiger partial charge in [-0.3, -0.25) is 0 Å². The van der Waals surface area contributed by atoms with Crippen LogP contribution in [0.1, 0.15) is 0 Å². The first kappa shape index (κ1) is 79.4. The van der Waals surface area contributed by atoms with Crippen LogP contribution in [-0.4, -0.2) is 48.2 Å². The Bertz CT molecular complexity index is 9020. The third kappa shape index (κ3) is 13.6. The Morgan fingerprint density at radius 2 is 0.420 bits per heavy atom. The Kier molecular flexibility index (Phi) is 18.9. The largest absolute Gasteiger partial charge is 0.456 e. The maximum atomic E-state index is 6.57. The minimum Gasteiger partial charge on any atom is -0.456 e. The predicted octanol–water partition coefficient (Wildman–Crippen LogP) is 33.1. The number of thiophene rings is 1. The minimum absolute atomic E-state index is 0.591. The number of aromatic nitrogens is 10. The Balaban J connectivity index is 0.000000139. The summed E-state index contributed by atoms with van der Waals surface area (Å²) in [6.07, 6.45) is 0. The maximum absolute atomic E-state index is 6.57. The van der Waals surface area contributed by atoms with E-state index >= 15 is 0 Å². The highest BCUT2D eigenvalue weighted by molar-refractivity contribution is 7.26. The number of para-hydroxylation sites is 6. The lowest BCUT2D eigenvalue weighted by Crippen LogP contribution is -2.00. The van der Waals surface area contributed by atoms with Gasteiger partial charge in [0.25, 0.3) is 0 Å². The van der Waals surface area contributed by atoms with Crippen molar-refractivity contribution in [2.45, 2.75) is 0 Å². The fraction of sp³-hybridized carbons (Fsp3) is 0. The smallest absolute Gasteiger partial charge is 0.164 e. The zero-order chi connectivity index (χ0) is 90.8. The van der Waals surface area contributed by atoms with E-state index < -0.39 is 0 Å². The van der Waals surface area contributed by atoms with Crippen molar-refractivity contribution in [2.24, 2.45) is 0 Å². The summed E-state index contributed by atoms with van der Waals surface area (Å²) in [5.74, 6) is 3.79. The molecule has 0 saturated heterocycles. The molecular formula is C126H78N10OS. The molecule has 0 fully saturated rings. The topological polar surface area (TPSA) is 110 Å². The van der Waals surface area contributed by atoms with Crippen molar-refractivity contribution in [1.82, 2.24) is 48.2 Å². The van der Waals surface area contributed by atoms with Crippen LogP contribution in [0.4, 0.5) is 0 Å². The van der Waals surface area contributed by atoms with Crippen LogP contribution in [0, 0.1) is 0 Å². The van der Waals surface area contributed by atoms with Crippen molar-refractivity contribution >= 4 is 141 Å². The Morgan fingerprint density at radius 3 is 0.768 bits per heavy atom. The van der Waals surface area contributed by atoms with Crippen LogP contribution in [0.5, 0.6) is 0 Å². The van der Waals surface area contributed by atoms with Gasteiger partial charge in [0.1, 0.15) is 11.2 Å². The molecule has 0 aliphatic rings. The summed E-state index contributed by atoms with van der Waals surface area (Å²) in [5, 5.41) is 14.0. The molecule has 0 N–H and O–H groups in total. The van der Waals surface area contributed by atoms with Gasteiger partial charge in [-0.15, -0.1) is 11.3 Å². The molecule has 0 aliphatic heterocycles. The van der Waals surface area contributed by atoms with Crippen LogP contribution in [-0.2, 0) is 0 Å². The van der Waals surface area contributed by atoms with E-state index in [0.717, 1.165) is 117 Å². The molecule has 0 amide bonds. The lowest BCUT2D eigenvalue weighted by molar-refractivity contribution is 0.669. The fourth-order valence-electron chi connectivity index (χ4n) is 20.7. The number of rotatable bonds is 14. The van der Waals surface area contributed by atoms with Crippen LogP contribution < -0.4 is 0 Å². The van der Waals surface area contributed by atoms with Crippen molar-refractivity contribution in [3.8, 4) is 136 Å². The van der Waals surface area contributed by atoms with Crippen molar-refractivity contribution in [3.63, 3.8) is 0 Å². The van der Waals surface area contributed by atoms with E-state index in [2.05, 4.69) is 382 Å². The van der Waals surface area contributed by atoms with Gasteiger partial charge in [-0.05, 0) is 214 Å². The third-order valence-corrected chi connectivity index (χ3v) is 28.3. The number of hydrogen-bond donors (Lipinski definition) is 0. The van der Waals surface area contributed by atoms with E-state index in [1.165, 1.54) is 113 Å². The number of hydrogen-bond acceptors (Lipinski definition) is 8. The van der Waals surface area contributed by atoms with E-state index in [1.807, 2.05) is 109 Å². The van der Waals surface area contributed by atoms with E-state index in [9.17, 15) is 0 Å². The molecule has 11 nitrogen and oxygen atoms in total. The molecule has 8 heterocycles. The van der Waals surface area contributed by atoms with E-state index in [-0.39, 0.29) is 0 Å². The van der Waals surface area contributed by atoms with Crippen LogP contribution in [0.3, 0.4) is 0 Å². The second kappa shape index (κ2) is 32.8. The molecule has 0 unspecified atom stereocenters. The van der Waals surface area contributed by atoms with Gasteiger partial charge in [-0.25, -0.2) is 29.9 Å². The van der Waals surface area contributed by atoms with Crippen molar-refractivity contribution in [1.29, 1.82) is 0 Å². The summed E-state index contributed by atoms with van der Waals surface area (Å²) in [6, 6.07) is 168. The van der Waals surface area contributed by atoms with Crippen LogP contribution >= 0.6 is 11.3 Å². The average Bonchev–Trinajstić information content (AvgIpc) is 1.58. The van der Waals surface area contributed by atoms with Gasteiger partial charge in [-0.1, -0.05) is 303 Å². The molecule has 20 aromatic carbocycles. The van der Waals surface area contributed by atoms with Gasteiger partial charge in [0.15, 0.2) is 34.9 Å². The summed E-state index contributed by atoms with van der Waals surface area (Å²) in [7, 11) is 0. The molecule has 0 bridgehead atoms. The van der Waals surface area contributed by atoms with Gasteiger partial charge in [0, 0.05) is 130 Å². The molecule has 138 heavy (non-hydrogen) atoms. The van der Waals surface area contributed by atoms with E-state index in [1.54, 1.807) is 11.3 Å². The highest BCUT2D eigenvalue weighted by atomic mass is 32.1. The second-order valence-electron chi connectivity index (χ2n) is 35.2. The SMILES string of the molecule is c1ccc(-c2nc(-c3ccccc3)nc(-c3cccc4oc5ccc(-c6ccc7c(c6)c6cc(-c8ccc9c(c8)c8ccccc8n9-c8ccccc8)ccc6n7-c6ccccc6)cc5c34)n2)cc1.c1ccc(-c2nc(-c3ccccc3)nc(-c3cccc4sc5ccc(-c6ccc7c(c6)c6cc(-c8ccc9c(c8)c8ccccc8n9-c8ccccc8)ccc6n7-c6ccccc6)cc5c34)n2)cc1. The van der Waals surface area contributed by atoms with Crippen LogP contribution in [0.25, 0.3) is 265 Å². The summed E-state index contributed by atoms with van der Waals surface area (Å²) in [5.41, 5.74) is 30.4. The number of nitrogens with zero attached hydrogens (tertiary/aromatic N) is 10. The van der Waals surface area contributed by atoms with Gasteiger partial charge in [0.2, 0.25) is 0 Å². The second-order valence-corrected chi connectivity index (χ2v) is 36.3. The first-order valence-electron chi connectivity index (χ1n) is 46.5. The van der Waals surface area contributed by atoms with Crippen molar-refractivity contribution < 1.29 is 4.42 Å². The standard InChI is InChI=1S/C63H39N5O.C63H39N5S/c2*1-5-16-40(17-6-1)61-64-62(41-18-7-2-8-19-41)66-63(65-61)49-25-15-27-59-60(49)53-39-45(31-35-58(53)69-59)44-30-34-57-52(38-44)51-37-43(29-33-56(51)68(57)47-22-11-4-12-23-47)42-28-32-55-50(36-42)48-24-13-14-26-54(48)67(55)46-20-9-3-10-21-46/h2*1-39H. The lowest BCUT2D eigenvalue weighted by Gasteiger charge is -2.10. The average molecular weight is 1780 g/mol. The van der Waals surface area contributed by atoms with Crippen molar-refractivity contribution in [2.75, 3.05) is 0 Å². The molecule has 0 saturated carbocycles. The molecule has 0 spiro atoms. The molecule has 0 radical (unpaired) electrons. The third-order valence-electron chi connectivity index (χ3n) is 27.1. The molecule has 28 rings (SSSR count). The Hall–Kier alpha value is -18.4. The zero-order valence-corrected chi connectivity index (χ0v) is 75.1. The molecule has 12 heteroatoms. The van der Waals surface area contributed by atoms with Gasteiger partial charge >= 0.3 is 0 Å². The predicted molar refractivity (Wildman–Crippen MR) is 572 cm³/mol. The summed E-state index contributed by atoms with van der Waals surface area (Å²) in [4.78, 5) is 30.5. The summed E-state index contributed by atoms with van der Waals surface area (Å²) >= 11 is 1.81. The molecule has 28 aromatic rings. The highest BCUT2D eigenvalue weighted by Gasteiger charge is 2.26. The number of benzene rings is 20. The van der Waals surface area contributed by atoms with Gasteiger partial charge < -0.3 is 22.7 Å². The Morgan fingerprint density at radius 1 is 0.159 bits per heavy atom. The number of furan rings is 1. The summed E-state index contributed by atoms with van der Waals surface area (Å²) < 4.78 is 18.5. The highest BCUT2D eigenvalue weighted by Crippen LogP contribution is 2.48. The molecule has 644 valence electrons. The first-order chi connectivity index (χ1) is 68.4. The fourth-order valence-corrected chi connectivity index (χ4v) is 21.8. The van der Waals surface area contributed by atoms with Crippen LogP contribution in [0.15, 0.2) is 478 Å². The van der Waals surface area contributed by atoms with Crippen molar-refractivity contribution in [3.05, 3.63) is 473 Å². The van der Waals surface area contributed by atoms with E-state index in [0.29, 0.717) is 34.9 Å². The molecule has 8 aromatic heterocycles. The van der Waals surface area contributed by atoms with Gasteiger partial charge in [-0.2, -0.15) is 0 Å². The Labute approximate surface area is 796 Å². The molecular weight excluding hydrogens is 1700 g/mol. The lowest BCUT2D eigenvalue weighted by atomic mass is 9.98. The summed E-state index contributed by atoms with van der Waals surface area (Å²) in [6.45, 7) is 0. The van der Waals surface area contributed by atoms with E-state index in [4.69, 9.17) is 34.3 Å². The maximum Gasteiger partial charge on any atom is 0.164 e. The monoisotopic (exact) mass is 1780 g/mol. The zero-order valence-electron chi connectivity index (χ0n) is 74.3. The molecule has 0 aliphatic carbocycles. The normalized spacial score (nSPS) is 11.8. The first-order valence-corrected chi connectivity index (χ1v) is 47.3.